The van der Waals surface area contributed by atoms with Gasteiger partial charge in [-0.1, -0.05) is 20.8 Å². The minimum absolute atomic E-state index is 0.0324. The van der Waals surface area contributed by atoms with E-state index in [1.165, 1.54) is 12.8 Å². The van der Waals surface area contributed by atoms with Crippen LogP contribution < -0.4 is 5.32 Å². The summed E-state index contributed by atoms with van der Waals surface area (Å²) >= 11 is 0. The molecule has 1 heterocycles. The second-order valence-electron chi connectivity index (χ2n) is 8.60. The minimum Gasteiger partial charge on any atom is -0.396 e. The lowest BCUT2D eigenvalue weighted by Gasteiger charge is -2.25. The highest BCUT2D eigenvalue weighted by atomic mass is 16.3. The van der Waals surface area contributed by atoms with E-state index in [9.17, 15) is 10.2 Å². The van der Waals surface area contributed by atoms with Gasteiger partial charge < -0.3 is 15.5 Å². The van der Waals surface area contributed by atoms with Gasteiger partial charge in [-0.3, -0.25) is 0 Å². The van der Waals surface area contributed by atoms with Crippen LogP contribution in [0.1, 0.15) is 51.6 Å². The van der Waals surface area contributed by atoms with Gasteiger partial charge in [0.1, 0.15) is 5.82 Å². The SMILES string of the molecule is CC(C)(C)c1nccc(CC2C(NCC3CC3)CC(O)C2CO)n1. The van der Waals surface area contributed by atoms with Gasteiger partial charge in [0.2, 0.25) is 0 Å². The van der Waals surface area contributed by atoms with Gasteiger partial charge in [0.25, 0.3) is 0 Å². The van der Waals surface area contributed by atoms with Crippen LogP contribution in [0, 0.1) is 17.8 Å². The highest BCUT2D eigenvalue weighted by Gasteiger charge is 2.42. The maximum Gasteiger partial charge on any atom is 0.133 e. The lowest BCUT2D eigenvalue weighted by Crippen LogP contribution is -2.37. The number of aromatic nitrogens is 2. The number of hydrogen-bond donors (Lipinski definition) is 3. The largest absolute Gasteiger partial charge is 0.396 e. The van der Waals surface area contributed by atoms with Crippen molar-refractivity contribution >= 4 is 0 Å². The van der Waals surface area contributed by atoms with Crippen LogP contribution in [0.2, 0.25) is 0 Å². The summed E-state index contributed by atoms with van der Waals surface area (Å²) in [4.78, 5) is 9.14. The molecule has 24 heavy (non-hydrogen) atoms. The van der Waals surface area contributed by atoms with E-state index in [4.69, 9.17) is 4.98 Å². The zero-order valence-corrected chi connectivity index (χ0v) is 15.1. The zero-order chi connectivity index (χ0) is 17.3. The van der Waals surface area contributed by atoms with Crippen LogP contribution >= 0.6 is 0 Å². The van der Waals surface area contributed by atoms with E-state index in [1.807, 2.05) is 12.3 Å². The molecule has 0 saturated heterocycles. The summed E-state index contributed by atoms with van der Waals surface area (Å²) in [5.74, 6) is 1.80. The lowest BCUT2D eigenvalue weighted by atomic mass is 9.88. The van der Waals surface area contributed by atoms with Crippen molar-refractivity contribution in [3.63, 3.8) is 0 Å². The molecular weight excluding hydrogens is 302 g/mol. The molecule has 0 bridgehead atoms. The molecule has 2 fully saturated rings. The smallest absolute Gasteiger partial charge is 0.133 e. The Hall–Kier alpha value is -1.04. The van der Waals surface area contributed by atoms with Crippen molar-refractivity contribution in [3.05, 3.63) is 23.8 Å². The van der Waals surface area contributed by atoms with Crippen LogP contribution in [0.4, 0.5) is 0 Å². The van der Waals surface area contributed by atoms with Gasteiger partial charge in [0.15, 0.2) is 0 Å². The third-order valence-electron chi connectivity index (χ3n) is 5.46. The van der Waals surface area contributed by atoms with Crippen molar-refractivity contribution in [1.29, 1.82) is 0 Å². The molecule has 0 aromatic carbocycles. The monoisotopic (exact) mass is 333 g/mol. The van der Waals surface area contributed by atoms with E-state index in [0.717, 1.165) is 36.8 Å². The fourth-order valence-electron chi connectivity index (χ4n) is 3.73. The Bertz CT molecular complexity index is 554. The van der Waals surface area contributed by atoms with E-state index in [0.29, 0.717) is 0 Å². The summed E-state index contributed by atoms with van der Waals surface area (Å²) in [5, 5.41) is 23.7. The Morgan fingerprint density at radius 1 is 1.25 bits per heavy atom. The molecule has 1 aromatic rings. The molecule has 2 aliphatic rings. The van der Waals surface area contributed by atoms with Gasteiger partial charge in [-0.15, -0.1) is 0 Å². The third-order valence-corrected chi connectivity index (χ3v) is 5.46. The maximum atomic E-state index is 10.3. The summed E-state index contributed by atoms with van der Waals surface area (Å²) in [7, 11) is 0. The Kier molecular flexibility index (Phi) is 5.23. The zero-order valence-electron chi connectivity index (χ0n) is 15.1. The van der Waals surface area contributed by atoms with Crippen LogP contribution in [0.15, 0.2) is 12.3 Å². The number of nitrogens with one attached hydrogen (secondary N) is 1. The van der Waals surface area contributed by atoms with E-state index in [2.05, 4.69) is 31.1 Å². The predicted molar refractivity (Wildman–Crippen MR) is 93.6 cm³/mol. The number of aliphatic hydroxyl groups excluding tert-OH is 2. The van der Waals surface area contributed by atoms with Crippen molar-refractivity contribution in [1.82, 2.24) is 15.3 Å². The molecule has 134 valence electrons. The highest BCUT2D eigenvalue weighted by Crippen LogP contribution is 2.36. The highest BCUT2D eigenvalue weighted by molar-refractivity contribution is 5.11. The van der Waals surface area contributed by atoms with Crippen molar-refractivity contribution in [2.24, 2.45) is 17.8 Å². The fourth-order valence-corrected chi connectivity index (χ4v) is 3.73. The Morgan fingerprint density at radius 3 is 2.62 bits per heavy atom. The van der Waals surface area contributed by atoms with E-state index >= 15 is 0 Å². The van der Waals surface area contributed by atoms with Gasteiger partial charge in [0, 0.05) is 35.9 Å². The molecular formula is C19H31N3O2. The van der Waals surface area contributed by atoms with Crippen LogP contribution in [-0.4, -0.2) is 45.5 Å². The van der Waals surface area contributed by atoms with Crippen molar-refractivity contribution < 1.29 is 10.2 Å². The van der Waals surface area contributed by atoms with E-state index < -0.39 is 6.10 Å². The predicted octanol–water partition coefficient (Wildman–Crippen LogP) is 1.67. The van der Waals surface area contributed by atoms with Crippen LogP contribution in [0.3, 0.4) is 0 Å². The molecule has 0 aliphatic heterocycles. The number of rotatable bonds is 6. The van der Waals surface area contributed by atoms with E-state index in [1.54, 1.807) is 0 Å². The normalized spacial score (nSPS) is 30.7. The minimum atomic E-state index is -0.430. The molecule has 1 aromatic heterocycles. The number of nitrogens with zero attached hydrogens (tertiary/aromatic N) is 2. The van der Waals surface area contributed by atoms with Crippen LogP contribution in [-0.2, 0) is 11.8 Å². The molecule has 4 unspecified atom stereocenters. The quantitative estimate of drug-likeness (QED) is 0.738. The number of hydrogen-bond acceptors (Lipinski definition) is 5. The molecule has 2 aliphatic carbocycles. The van der Waals surface area contributed by atoms with Crippen molar-refractivity contribution in [2.45, 2.75) is 64.0 Å². The van der Waals surface area contributed by atoms with Crippen LogP contribution in [0.25, 0.3) is 0 Å². The molecule has 5 heteroatoms. The van der Waals surface area contributed by atoms with Gasteiger partial charge in [-0.25, -0.2) is 9.97 Å². The lowest BCUT2D eigenvalue weighted by molar-refractivity contribution is 0.0716. The summed E-state index contributed by atoms with van der Waals surface area (Å²) in [6, 6.07) is 2.22. The molecule has 0 radical (unpaired) electrons. The van der Waals surface area contributed by atoms with Gasteiger partial charge >= 0.3 is 0 Å². The molecule has 4 atom stereocenters. The summed E-state index contributed by atoms with van der Waals surface area (Å²) in [6.45, 7) is 7.40. The molecule has 0 spiro atoms. The summed E-state index contributed by atoms with van der Waals surface area (Å²) < 4.78 is 0. The average molecular weight is 333 g/mol. The van der Waals surface area contributed by atoms with Gasteiger partial charge in [0.05, 0.1) is 6.10 Å². The molecule has 3 N–H and O–H groups in total. The molecule has 3 rings (SSSR count). The molecule has 0 amide bonds. The Balaban J connectivity index is 1.73. The summed E-state index contributed by atoms with van der Waals surface area (Å²) in [6.07, 6.45) is 5.53. The first-order chi connectivity index (χ1) is 11.4. The number of aliphatic hydroxyl groups is 2. The van der Waals surface area contributed by atoms with E-state index in [-0.39, 0.29) is 29.9 Å². The van der Waals surface area contributed by atoms with Crippen molar-refractivity contribution in [3.8, 4) is 0 Å². The van der Waals surface area contributed by atoms with Gasteiger partial charge in [-0.2, -0.15) is 0 Å². The van der Waals surface area contributed by atoms with Gasteiger partial charge in [-0.05, 0) is 50.1 Å². The second-order valence-corrected chi connectivity index (χ2v) is 8.60. The van der Waals surface area contributed by atoms with Crippen LogP contribution in [0.5, 0.6) is 0 Å². The topological polar surface area (TPSA) is 78.3 Å². The summed E-state index contributed by atoms with van der Waals surface area (Å²) in [5.41, 5.74) is 0.927. The first-order valence-corrected chi connectivity index (χ1v) is 9.23. The fraction of sp³-hybridized carbons (Fsp3) is 0.789. The maximum absolute atomic E-state index is 10.3. The Morgan fingerprint density at radius 2 is 2.00 bits per heavy atom. The third kappa shape index (κ3) is 4.13. The second kappa shape index (κ2) is 7.06. The average Bonchev–Trinajstić information content (AvgIpc) is 3.30. The Labute approximate surface area is 144 Å². The standard InChI is InChI=1S/C19H31N3O2/c1-19(2,3)18-20-7-6-13(22-18)8-14-15(11-23)17(24)9-16(14)21-10-12-4-5-12/h6-7,12,14-17,21,23-24H,4-5,8-11H2,1-3H3. The first kappa shape index (κ1) is 17.8. The molecule has 2 saturated carbocycles. The van der Waals surface area contributed by atoms with Crippen molar-refractivity contribution in [2.75, 3.05) is 13.2 Å². The molecule has 5 nitrogen and oxygen atoms in total. The first-order valence-electron chi connectivity index (χ1n) is 9.23.